The van der Waals surface area contributed by atoms with Crippen LogP contribution >= 0.6 is 23.3 Å². The molecule has 15 heteroatoms. The van der Waals surface area contributed by atoms with Crippen LogP contribution in [0.4, 0.5) is 5.13 Å². The predicted molar refractivity (Wildman–Crippen MR) is 169 cm³/mol. The molecule has 1 heterocycles. The van der Waals surface area contributed by atoms with Gasteiger partial charge in [0.1, 0.15) is 4.75 Å². The molecule has 224 valence electrons. The summed E-state index contributed by atoms with van der Waals surface area (Å²) >= 11 is 1.93. The van der Waals surface area contributed by atoms with Gasteiger partial charge in [-0.1, -0.05) is 102 Å². The minimum Gasteiger partial charge on any atom is -0.369 e. The molecule has 4 aromatic rings. The topological polar surface area (TPSA) is 186 Å². The van der Waals surface area contributed by atoms with Crippen molar-refractivity contribution in [2.45, 2.75) is 15.5 Å². The van der Waals surface area contributed by atoms with Crippen molar-refractivity contribution in [2.24, 2.45) is 15.3 Å². The zero-order valence-corrected chi connectivity index (χ0v) is 25.5. The van der Waals surface area contributed by atoms with Crippen molar-refractivity contribution in [3.05, 3.63) is 108 Å². The number of hydrogen-bond acceptors (Lipinski definition) is 9. The molecule has 3 aromatic carbocycles. The van der Waals surface area contributed by atoms with Crippen LogP contribution in [0.1, 0.15) is 23.1 Å². The van der Waals surface area contributed by atoms with Crippen LogP contribution in [0.25, 0.3) is 0 Å². The zero-order chi connectivity index (χ0) is 30.9. The number of nitrogens with zero attached hydrogens (tertiary/aromatic N) is 4. The molecule has 0 saturated carbocycles. The van der Waals surface area contributed by atoms with Gasteiger partial charge in [-0.05, 0) is 28.6 Å². The van der Waals surface area contributed by atoms with Gasteiger partial charge in [0, 0.05) is 20.0 Å². The molecule has 12 nitrogen and oxygen atoms in total. The monoisotopic (exact) mass is 638 g/mol. The molecule has 4 rings (SSSR count). The zero-order valence-electron chi connectivity index (χ0n) is 23.1. The standard InChI is InChI=1S/C28H30N8O4S3/c1-36(19-24(38)31-18-17-23(37)32-26-33-34-27(41-26)43(30,39)40)25(29)35-42-28(20-11-5-2-6-12-20,21-13-7-3-8-14-21)22-15-9-4-10-16-22/h2-16H,17-19H2,1H3,(H2,29,35)(H,31,38)(H2,30,39,40)(H,32,33,37). The first kappa shape index (κ1) is 31.6. The Morgan fingerprint density at radius 2 is 1.42 bits per heavy atom. The molecule has 0 unspecified atom stereocenters. The van der Waals surface area contributed by atoms with Gasteiger partial charge >= 0.3 is 0 Å². The van der Waals surface area contributed by atoms with Crippen LogP contribution in [0, 0.1) is 0 Å². The Morgan fingerprint density at radius 3 is 1.88 bits per heavy atom. The Labute approximate surface area is 257 Å². The molecule has 0 aliphatic rings. The summed E-state index contributed by atoms with van der Waals surface area (Å²) < 4.78 is 26.2. The number of carbonyl (C=O) groups excluding carboxylic acids is 2. The molecular formula is C28H30N8O4S3. The van der Waals surface area contributed by atoms with E-state index in [1.165, 1.54) is 16.8 Å². The number of anilines is 1. The quantitative estimate of drug-likeness (QED) is 0.0595. The number of amides is 2. The average molecular weight is 639 g/mol. The predicted octanol–water partition coefficient (Wildman–Crippen LogP) is 2.52. The van der Waals surface area contributed by atoms with Gasteiger partial charge in [0.15, 0.2) is 0 Å². The van der Waals surface area contributed by atoms with Gasteiger partial charge in [-0.25, -0.2) is 13.6 Å². The number of guanidine groups is 1. The first-order valence-corrected chi connectivity index (χ1v) is 16.1. The third-order valence-electron chi connectivity index (χ3n) is 6.16. The maximum Gasteiger partial charge on any atom is 0.267 e. The summed E-state index contributed by atoms with van der Waals surface area (Å²) in [4.78, 5) is 26.2. The molecule has 0 aliphatic heterocycles. The number of nitrogens with two attached hydrogens (primary N) is 2. The van der Waals surface area contributed by atoms with E-state index in [0.717, 1.165) is 16.7 Å². The van der Waals surface area contributed by atoms with Crippen molar-refractivity contribution in [1.29, 1.82) is 0 Å². The number of primary sulfonamides is 1. The molecule has 0 radical (unpaired) electrons. The molecule has 0 bridgehead atoms. The number of rotatable bonds is 12. The first-order chi connectivity index (χ1) is 20.6. The SMILES string of the molecule is CN(CC(=O)NCCC(=O)Nc1nnc(S(N)(=O)=O)s1)/C(N)=N/SC(c1ccccc1)(c1ccccc1)c1ccccc1. The van der Waals surface area contributed by atoms with E-state index in [1.54, 1.807) is 7.05 Å². The summed E-state index contributed by atoms with van der Waals surface area (Å²) in [5.41, 5.74) is 9.40. The molecule has 43 heavy (non-hydrogen) atoms. The maximum atomic E-state index is 12.6. The van der Waals surface area contributed by atoms with E-state index in [0.29, 0.717) is 11.3 Å². The molecule has 2 amide bonds. The molecule has 0 aliphatic carbocycles. The van der Waals surface area contributed by atoms with Crippen molar-refractivity contribution >= 4 is 56.2 Å². The van der Waals surface area contributed by atoms with Crippen LogP contribution in [-0.2, 0) is 24.4 Å². The molecule has 0 atom stereocenters. The Bertz CT molecular complexity index is 1570. The molecule has 0 saturated heterocycles. The summed E-state index contributed by atoms with van der Waals surface area (Å²) in [7, 11) is -2.36. The van der Waals surface area contributed by atoms with Crippen molar-refractivity contribution in [2.75, 3.05) is 25.5 Å². The third kappa shape index (κ3) is 8.16. The van der Waals surface area contributed by atoms with E-state index in [-0.39, 0.29) is 36.5 Å². The van der Waals surface area contributed by atoms with Crippen LogP contribution in [0.5, 0.6) is 0 Å². The molecule has 0 fully saturated rings. The van der Waals surface area contributed by atoms with Gasteiger partial charge in [0.25, 0.3) is 10.0 Å². The van der Waals surface area contributed by atoms with Gasteiger partial charge in [-0.3, -0.25) is 9.59 Å². The minimum absolute atomic E-state index is 0.0147. The fraction of sp³-hybridized carbons (Fsp3) is 0.179. The lowest BCUT2D eigenvalue weighted by molar-refractivity contribution is -0.121. The number of aromatic nitrogens is 2. The van der Waals surface area contributed by atoms with Crippen molar-refractivity contribution in [3.8, 4) is 0 Å². The Morgan fingerprint density at radius 1 is 0.907 bits per heavy atom. The van der Waals surface area contributed by atoms with Crippen molar-refractivity contribution < 1.29 is 18.0 Å². The summed E-state index contributed by atoms with van der Waals surface area (Å²) in [6, 6.07) is 30.1. The van der Waals surface area contributed by atoms with E-state index in [2.05, 4.69) is 61.6 Å². The lowest BCUT2D eigenvalue weighted by atomic mass is 9.84. The fourth-order valence-corrected chi connectivity index (χ4v) is 6.53. The Hall–Kier alpha value is -4.31. The Kier molecular flexibility index (Phi) is 10.5. The second kappa shape index (κ2) is 14.2. The smallest absolute Gasteiger partial charge is 0.267 e. The number of likely N-dealkylation sites (N-methyl/N-ethyl adjacent to an activating group) is 1. The summed E-state index contributed by atoms with van der Waals surface area (Å²) in [5.74, 6) is -0.708. The summed E-state index contributed by atoms with van der Waals surface area (Å²) in [6.45, 7) is -0.0646. The van der Waals surface area contributed by atoms with Gasteiger partial charge in [0.05, 0.1) is 6.54 Å². The van der Waals surface area contributed by atoms with Gasteiger partial charge in [0.2, 0.25) is 27.2 Å². The van der Waals surface area contributed by atoms with Crippen LogP contribution in [0.3, 0.4) is 0 Å². The average Bonchev–Trinajstić information content (AvgIpc) is 3.48. The molecular weight excluding hydrogens is 609 g/mol. The van der Waals surface area contributed by atoms with E-state index in [1.807, 2.05) is 54.6 Å². The van der Waals surface area contributed by atoms with E-state index < -0.39 is 25.0 Å². The number of sulfonamides is 1. The molecule has 0 spiro atoms. The number of benzene rings is 3. The normalized spacial score (nSPS) is 12.0. The van der Waals surface area contributed by atoms with Crippen LogP contribution in [0.2, 0.25) is 0 Å². The van der Waals surface area contributed by atoms with Gasteiger partial charge < -0.3 is 21.3 Å². The highest BCUT2D eigenvalue weighted by Crippen LogP contribution is 2.48. The van der Waals surface area contributed by atoms with Gasteiger partial charge in [-0.15, -0.1) is 10.2 Å². The largest absolute Gasteiger partial charge is 0.369 e. The number of hydrogen-bond donors (Lipinski definition) is 4. The number of carbonyl (C=O) groups is 2. The third-order valence-corrected chi connectivity index (χ3v) is 9.57. The highest BCUT2D eigenvalue weighted by Gasteiger charge is 2.38. The van der Waals surface area contributed by atoms with Crippen LogP contribution in [-0.4, -0.2) is 61.4 Å². The van der Waals surface area contributed by atoms with Crippen molar-refractivity contribution in [1.82, 2.24) is 20.4 Å². The van der Waals surface area contributed by atoms with Crippen LogP contribution < -0.4 is 21.5 Å². The minimum atomic E-state index is -4.01. The lowest BCUT2D eigenvalue weighted by Crippen LogP contribution is -2.42. The highest BCUT2D eigenvalue weighted by atomic mass is 32.2. The highest BCUT2D eigenvalue weighted by molar-refractivity contribution is 7.99. The first-order valence-electron chi connectivity index (χ1n) is 12.9. The van der Waals surface area contributed by atoms with E-state index in [4.69, 9.17) is 10.9 Å². The molecule has 1 aromatic heterocycles. The van der Waals surface area contributed by atoms with Gasteiger partial charge in [-0.2, -0.15) is 4.40 Å². The van der Waals surface area contributed by atoms with Crippen molar-refractivity contribution in [3.63, 3.8) is 0 Å². The fourth-order valence-electron chi connectivity index (χ4n) is 4.09. The van der Waals surface area contributed by atoms with E-state index >= 15 is 0 Å². The summed E-state index contributed by atoms with van der Waals surface area (Å²) in [6.07, 6.45) is -0.0765. The lowest BCUT2D eigenvalue weighted by Gasteiger charge is -2.33. The second-order valence-electron chi connectivity index (χ2n) is 9.24. The number of nitrogens with one attached hydrogen (secondary N) is 2. The Balaban J connectivity index is 1.41. The van der Waals surface area contributed by atoms with Crippen LogP contribution in [0.15, 0.2) is 99.7 Å². The maximum absolute atomic E-state index is 12.6. The summed E-state index contributed by atoms with van der Waals surface area (Å²) in [5, 5.41) is 17.0. The second-order valence-corrected chi connectivity index (χ2v) is 12.9. The molecule has 6 N–H and O–H groups in total. The van der Waals surface area contributed by atoms with E-state index in [9.17, 15) is 18.0 Å².